The lowest BCUT2D eigenvalue weighted by atomic mass is 10.1. The van der Waals surface area contributed by atoms with Crippen molar-refractivity contribution >= 4 is 45.1 Å². The summed E-state index contributed by atoms with van der Waals surface area (Å²) in [6, 6.07) is 5.04. The predicted octanol–water partition coefficient (Wildman–Crippen LogP) is 2.81. The number of alkyl halides is 3. The average molecular weight is 688 g/mol. The Kier molecular flexibility index (Phi) is 8.62. The molecular weight excluding hydrogens is 665 g/mol. The fraction of sp³-hybridized carbons (Fsp3) is 0.308. The quantitative estimate of drug-likeness (QED) is 0.222. The number of halogens is 5. The summed E-state index contributed by atoms with van der Waals surface area (Å²) < 4.78 is 93.5. The minimum absolute atomic E-state index is 0.00216. The van der Waals surface area contributed by atoms with Gasteiger partial charge in [0.05, 0.1) is 15.5 Å². The summed E-state index contributed by atoms with van der Waals surface area (Å²) in [6.45, 7) is -1.71. The van der Waals surface area contributed by atoms with E-state index in [1.807, 2.05) is 0 Å². The molecule has 0 unspecified atom stereocenters. The van der Waals surface area contributed by atoms with Crippen LogP contribution >= 0.6 is 0 Å². The van der Waals surface area contributed by atoms with Gasteiger partial charge >= 0.3 is 18.2 Å². The topological polar surface area (TPSA) is 188 Å². The van der Waals surface area contributed by atoms with Gasteiger partial charge in [0, 0.05) is 69.1 Å². The molecule has 1 aromatic heterocycles. The van der Waals surface area contributed by atoms with E-state index < -0.39 is 79.2 Å². The highest BCUT2D eigenvalue weighted by Crippen LogP contribution is 2.32. The number of amides is 2. The van der Waals surface area contributed by atoms with Crippen LogP contribution in [0.3, 0.4) is 0 Å². The molecule has 0 atom stereocenters. The number of carboxylic acid groups (broad SMARTS) is 1. The van der Waals surface area contributed by atoms with Crippen LogP contribution in [0.15, 0.2) is 41.3 Å². The zero-order chi connectivity index (χ0) is 34.4. The van der Waals surface area contributed by atoms with Crippen molar-refractivity contribution in [2.45, 2.75) is 24.0 Å². The Labute approximate surface area is 261 Å². The molecule has 1 saturated heterocycles. The summed E-state index contributed by atoms with van der Waals surface area (Å²) in [5, 5.41) is 27.7. The molecule has 15 nitrogen and oxygen atoms in total. The highest BCUT2D eigenvalue weighted by atomic mass is 32.2. The largest absolute Gasteiger partial charge is 0.471 e. The number of carbonyl (C=O) groups is 3. The smallest absolute Gasteiger partial charge is 0.463 e. The molecule has 0 radical (unpaired) electrons. The van der Waals surface area contributed by atoms with Crippen LogP contribution in [0.4, 0.5) is 43.9 Å². The van der Waals surface area contributed by atoms with Crippen LogP contribution in [0.5, 0.6) is 0 Å². The van der Waals surface area contributed by atoms with E-state index in [2.05, 4.69) is 10.4 Å². The molecule has 2 N–H and O–H groups in total. The number of hydrogen-bond acceptors (Lipinski definition) is 9. The molecule has 2 aliphatic heterocycles. The van der Waals surface area contributed by atoms with Crippen LogP contribution in [0.25, 0.3) is 0 Å². The van der Waals surface area contributed by atoms with E-state index in [1.165, 1.54) is 11.0 Å². The molecule has 47 heavy (non-hydrogen) atoms. The molecule has 0 spiro atoms. The van der Waals surface area contributed by atoms with Gasteiger partial charge in [-0.3, -0.25) is 19.7 Å². The maximum atomic E-state index is 13.8. The van der Waals surface area contributed by atoms with E-state index in [-0.39, 0.29) is 56.1 Å². The van der Waals surface area contributed by atoms with Gasteiger partial charge in [0.15, 0.2) is 5.82 Å². The van der Waals surface area contributed by atoms with Crippen LogP contribution in [0.1, 0.15) is 21.6 Å². The second-order valence-corrected chi connectivity index (χ2v) is 12.3. The Morgan fingerprint density at radius 3 is 2.19 bits per heavy atom. The van der Waals surface area contributed by atoms with Gasteiger partial charge < -0.3 is 20.2 Å². The zero-order valence-electron chi connectivity index (χ0n) is 23.7. The molecule has 3 heterocycles. The molecule has 3 aromatic rings. The van der Waals surface area contributed by atoms with Crippen LogP contribution in [0.2, 0.25) is 0 Å². The number of sulfonamides is 1. The number of benzene rings is 2. The van der Waals surface area contributed by atoms with Crippen molar-refractivity contribution in [2.24, 2.45) is 0 Å². The second kappa shape index (κ2) is 12.2. The van der Waals surface area contributed by atoms with Crippen molar-refractivity contribution in [3.63, 3.8) is 0 Å². The molecule has 2 aromatic carbocycles. The molecule has 2 amide bonds. The Morgan fingerprint density at radius 2 is 1.62 bits per heavy atom. The first-order valence-corrected chi connectivity index (χ1v) is 14.9. The molecule has 250 valence electrons. The van der Waals surface area contributed by atoms with Gasteiger partial charge in [-0.2, -0.15) is 22.2 Å². The summed E-state index contributed by atoms with van der Waals surface area (Å²) in [5.74, 6) is -5.89. The number of rotatable bonds is 6. The van der Waals surface area contributed by atoms with Gasteiger partial charge in [0.25, 0.3) is 11.6 Å². The molecule has 0 saturated carbocycles. The highest BCUT2D eigenvalue weighted by molar-refractivity contribution is 7.89. The fourth-order valence-electron chi connectivity index (χ4n) is 5.27. The van der Waals surface area contributed by atoms with Gasteiger partial charge in [-0.05, 0) is 24.3 Å². The van der Waals surface area contributed by atoms with E-state index in [1.54, 1.807) is 0 Å². The van der Waals surface area contributed by atoms with Crippen LogP contribution in [-0.4, -0.2) is 94.2 Å². The zero-order valence-corrected chi connectivity index (χ0v) is 24.5. The van der Waals surface area contributed by atoms with Crippen LogP contribution < -0.4 is 10.2 Å². The maximum absolute atomic E-state index is 13.8. The minimum Gasteiger partial charge on any atom is -0.463 e. The number of fused-ring (bicyclic) bond motifs is 1. The number of nitro benzene ring substituents is 1. The van der Waals surface area contributed by atoms with E-state index in [0.29, 0.717) is 27.8 Å². The first-order valence-electron chi connectivity index (χ1n) is 13.5. The maximum Gasteiger partial charge on any atom is 0.471 e. The first kappa shape index (κ1) is 33.2. The molecular formula is C26H22F5N7O8S. The summed E-state index contributed by atoms with van der Waals surface area (Å²) in [6.07, 6.45) is -6.88. The predicted molar refractivity (Wildman–Crippen MR) is 149 cm³/mol. The van der Waals surface area contributed by atoms with Gasteiger partial charge in [-0.15, -0.1) is 5.10 Å². The molecule has 0 bridgehead atoms. The third-order valence-electron chi connectivity index (χ3n) is 7.51. The number of nitrogens with zero attached hydrogens (tertiary/aromatic N) is 6. The van der Waals surface area contributed by atoms with E-state index in [0.717, 1.165) is 16.4 Å². The summed E-state index contributed by atoms with van der Waals surface area (Å²) in [7, 11) is -4.52. The second-order valence-electron chi connectivity index (χ2n) is 10.4. The number of carbonyl (C=O) groups excluding carboxylic acids is 2. The van der Waals surface area contributed by atoms with Crippen LogP contribution in [-0.2, 0) is 27.8 Å². The van der Waals surface area contributed by atoms with E-state index in [9.17, 15) is 60.0 Å². The normalized spacial score (nSPS) is 15.7. The van der Waals surface area contributed by atoms with Crippen molar-refractivity contribution in [3.05, 3.63) is 75.0 Å². The molecule has 0 aliphatic carbocycles. The average Bonchev–Trinajstić information content (AvgIpc) is 3.37. The van der Waals surface area contributed by atoms with Gasteiger partial charge in [-0.25, -0.2) is 22.0 Å². The number of nitro groups is 1. The third-order valence-corrected chi connectivity index (χ3v) is 9.33. The lowest BCUT2D eigenvalue weighted by molar-refractivity contribution is -0.385. The Balaban J connectivity index is 1.40. The highest BCUT2D eigenvalue weighted by Gasteiger charge is 2.43. The summed E-state index contributed by atoms with van der Waals surface area (Å²) >= 11 is 0. The van der Waals surface area contributed by atoms with Crippen molar-refractivity contribution in [2.75, 3.05) is 42.9 Å². The number of anilines is 2. The molecule has 2 aliphatic rings. The SMILES string of the molecule is O=C(Nc1nn(C(=O)O)c2c1CN(S(=O)(=O)c1cc(F)cc(F)c1)CC2)c1ccc(N2CCN(C(=O)C(F)(F)F)CC2)cc1[N+](=O)[O-]. The van der Waals surface area contributed by atoms with Gasteiger partial charge in [-0.1, -0.05) is 0 Å². The van der Waals surface area contributed by atoms with Crippen molar-refractivity contribution in [3.8, 4) is 0 Å². The van der Waals surface area contributed by atoms with Gasteiger partial charge in [0.2, 0.25) is 10.0 Å². The number of hydrogen-bond donors (Lipinski definition) is 2. The summed E-state index contributed by atoms with van der Waals surface area (Å²) in [4.78, 5) is 49.1. The summed E-state index contributed by atoms with van der Waals surface area (Å²) in [5.41, 5.74) is -1.15. The van der Waals surface area contributed by atoms with E-state index >= 15 is 0 Å². The van der Waals surface area contributed by atoms with Crippen molar-refractivity contribution < 1.29 is 54.8 Å². The monoisotopic (exact) mass is 687 g/mol. The third kappa shape index (κ3) is 6.56. The lowest BCUT2D eigenvalue weighted by Gasteiger charge is -2.36. The number of nitrogens with one attached hydrogen (secondary N) is 1. The Morgan fingerprint density at radius 1 is 0.979 bits per heavy atom. The number of piperazine rings is 1. The Hall–Kier alpha value is -5.18. The fourth-order valence-corrected chi connectivity index (χ4v) is 6.72. The van der Waals surface area contributed by atoms with Crippen LogP contribution in [0, 0.1) is 21.7 Å². The van der Waals surface area contributed by atoms with Crippen molar-refractivity contribution in [1.82, 2.24) is 19.0 Å². The molecule has 21 heteroatoms. The standard InChI is InChI=1S/C26H22F5N7O8S/c27-14-9-15(28)11-17(10-14)47(45,46)36-4-3-20-19(13-36)22(33-37(20)25(41)42)32-23(39)18-2-1-16(12-21(18)38(43)44)34-5-7-35(8-6-34)24(40)26(29,30)31/h1-2,9-12H,3-8,13H2,(H,41,42)(H,32,33,39). The molecule has 1 fully saturated rings. The molecule has 5 rings (SSSR count). The lowest BCUT2D eigenvalue weighted by Crippen LogP contribution is -2.52. The van der Waals surface area contributed by atoms with E-state index in [4.69, 9.17) is 0 Å². The van der Waals surface area contributed by atoms with Gasteiger partial charge in [0.1, 0.15) is 17.2 Å². The minimum atomic E-state index is -5.05. The van der Waals surface area contributed by atoms with Crippen molar-refractivity contribution in [1.29, 1.82) is 0 Å². The Bertz CT molecular complexity index is 1890. The first-order chi connectivity index (χ1) is 22.0. The number of aromatic nitrogens is 2.